The summed E-state index contributed by atoms with van der Waals surface area (Å²) in [6, 6.07) is 10.4. The van der Waals surface area contributed by atoms with Gasteiger partial charge in [0.2, 0.25) is 0 Å². The number of rotatable bonds is 3. The van der Waals surface area contributed by atoms with E-state index in [2.05, 4.69) is 4.98 Å². The van der Waals surface area contributed by atoms with Gasteiger partial charge in [0.1, 0.15) is 5.75 Å². The summed E-state index contributed by atoms with van der Waals surface area (Å²) in [7, 11) is 1.59. The van der Waals surface area contributed by atoms with Crippen LogP contribution in [-0.4, -0.2) is 17.9 Å². The van der Waals surface area contributed by atoms with Crippen LogP contribution in [0.2, 0.25) is 5.02 Å². The number of ketones is 1. The molecule has 106 valence electrons. The molecule has 0 aliphatic heterocycles. The lowest BCUT2D eigenvalue weighted by Crippen LogP contribution is -2.04. The van der Waals surface area contributed by atoms with E-state index in [0.717, 1.165) is 10.9 Å². The summed E-state index contributed by atoms with van der Waals surface area (Å²) in [6.07, 6.45) is 1.68. The number of hydrogen-bond donors (Lipinski definition) is 2. The van der Waals surface area contributed by atoms with Crippen LogP contribution in [0.15, 0.2) is 42.6 Å². The third kappa shape index (κ3) is 2.34. The number of benzene rings is 2. The molecule has 0 aliphatic rings. The second kappa shape index (κ2) is 5.14. The first-order valence-corrected chi connectivity index (χ1v) is 6.73. The minimum atomic E-state index is -0.149. The van der Waals surface area contributed by atoms with Crippen LogP contribution >= 0.6 is 11.6 Å². The van der Waals surface area contributed by atoms with Crippen LogP contribution in [0.25, 0.3) is 10.9 Å². The van der Waals surface area contributed by atoms with E-state index in [9.17, 15) is 4.79 Å². The van der Waals surface area contributed by atoms with Crippen LogP contribution in [0.1, 0.15) is 15.9 Å². The number of nitrogens with one attached hydrogen (secondary N) is 1. The highest BCUT2D eigenvalue weighted by Gasteiger charge is 2.17. The molecule has 3 rings (SSSR count). The van der Waals surface area contributed by atoms with Crippen LogP contribution in [0.5, 0.6) is 5.75 Å². The summed E-state index contributed by atoms with van der Waals surface area (Å²) in [5.41, 5.74) is 8.11. The lowest BCUT2D eigenvalue weighted by atomic mass is 10.0. The number of fused-ring (bicyclic) bond motifs is 1. The molecule has 2 aromatic carbocycles. The van der Waals surface area contributed by atoms with Gasteiger partial charge >= 0.3 is 0 Å². The van der Waals surface area contributed by atoms with Crippen LogP contribution in [0, 0.1) is 0 Å². The first kappa shape index (κ1) is 13.5. The lowest BCUT2D eigenvalue weighted by Gasteiger charge is -2.05. The van der Waals surface area contributed by atoms with Crippen LogP contribution < -0.4 is 10.5 Å². The first-order valence-electron chi connectivity index (χ1n) is 6.35. The van der Waals surface area contributed by atoms with Crippen LogP contribution in [-0.2, 0) is 0 Å². The number of nitrogens with two attached hydrogens (primary N) is 1. The predicted molar refractivity (Wildman–Crippen MR) is 84.1 cm³/mol. The monoisotopic (exact) mass is 300 g/mol. The van der Waals surface area contributed by atoms with Crippen LogP contribution in [0.4, 0.5) is 5.69 Å². The maximum Gasteiger partial charge on any atom is 0.197 e. The van der Waals surface area contributed by atoms with E-state index in [0.29, 0.717) is 27.6 Å². The van der Waals surface area contributed by atoms with Crippen molar-refractivity contribution in [2.45, 2.75) is 0 Å². The van der Waals surface area contributed by atoms with Crippen LogP contribution in [0.3, 0.4) is 0 Å². The molecule has 5 heteroatoms. The van der Waals surface area contributed by atoms with Crippen molar-refractivity contribution >= 4 is 34.0 Å². The number of anilines is 1. The highest BCUT2D eigenvalue weighted by Crippen LogP contribution is 2.27. The van der Waals surface area contributed by atoms with E-state index in [-0.39, 0.29) is 5.78 Å². The van der Waals surface area contributed by atoms with E-state index in [1.807, 2.05) is 18.2 Å². The highest BCUT2D eigenvalue weighted by atomic mass is 35.5. The number of carbonyl (C=O) groups excluding carboxylic acids is 1. The Morgan fingerprint density at radius 1 is 1.19 bits per heavy atom. The fourth-order valence-electron chi connectivity index (χ4n) is 2.30. The molecule has 3 N–H and O–H groups in total. The minimum Gasteiger partial charge on any atom is -0.497 e. The smallest absolute Gasteiger partial charge is 0.197 e. The number of methoxy groups -OCH3 is 1. The van der Waals surface area contributed by atoms with Crippen molar-refractivity contribution in [3.8, 4) is 5.75 Å². The normalized spacial score (nSPS) is 10.8. The van der Waals surface area contributed by atoms with Gasteiger partial charge in [-0.1, -0.05) is 11.6 Å². The van der Waals surface area contributed by atoms with Gasteiger partial charge in [0, 0.05) is 38.9 Å². The fourth-order valence-corrected chi connectivity index (χ4v) is 2.48. The Morgan fingerprint density at radius 3 is 2.71 bits per heavy atom. The maximum absolute atomic E-state index is 12.7. The largest absolute Gasteiger partial charge is 0.497 e. The number of H-pyrrole nitrogens is 1. The zero-order chi connectivity index (χ0) is 15.0. The third-order valence-corrected chi connectivity index (χ3v) is 3.63. The molecule has 3 aromatic rings. The van der Waals surface area contributed by atoms with Gasteiger partial charge in [-0.3, -0.25) is 4.79 Å². The first-order chi connectivity index (χ1) is 10.1. The molecule has 4 nitrogen and oxygen atoms in total. The third-order valence-electron chi connectivity index (χ3n) is 3.39. The molecule has 0 radical (unpaired) electrons. The summed E-state index contributed by atoms with van der Waals surface area (Å²) in [5.74, 6) is 0.545. The molecule has 21 heavy (non-hydrogen) atoms. The lowest BCUT2D eigenvalue weighted by molar-refractivity contribution is 0.104. The molecule has 0 fully saturated rings. The molecule has 0 atom stereocenters. The van der Waals surface area contributed by atoms with Crippen molar-refractivity contribution in [3.05, 3.63) is 58.7 Å². The predicted octanol–water partition coefficient (Wildman–Crippen LogP) is 3.64. The van der Waals surface area contributed by atoms with Gasteiger partial charge in [-0.05, 0) is 36.4 Å². The van der Waals surface area contributed by atoms with Gasteiger partial charge in [0.05, 0.1) is 7.11 Å². The molecule has 0 aliphatic carbocycles. The topological polar surface area (TPSA) is 68.1 Å². The van der Waals surface area contributed by atoms with E-state index in [1.54, 1.807) is 31.5 Å². The molecule has 0 saturated heterocycles. The Bertz CT molecular complexity index is 839. The van der Waals surface area contributed by atoms with E-state index in [1.165, 1.54) is 0 Å². The molecular weight excluding hydrogens is 288 g/mol. The molecule has 0 bridgehead atoms. The van der Waals surface area contributed by atoms with E-state index in [4.69, 9.17) is 22.1 Å². The molecule has 0 amide bonds. The quantitative estimate of drug-likeness (QED) is 0.573. The summed E-state index contributed by atoms with van der Waals surface area (Å²) in [5, 5.41) is 1.30. The average Bonchev–Trinajstić information content (AvgIpc) is 2.89. The second-order valence-corrected chi connectivity index (χ2v) is 5.11. The molecular formula is C16H13ClN2O2. The van der Waals surface area contributed by atoms with Gasteiger partial charge in [0.25, 0.3) is 0 Å². The van der Waals surface area contributed by atoms with Gasteiger partial charge in [-0.2, -0.15) is 0 Å². The standard InChI is InChI=1S/C16H13ClN2O2/c1-21-10-3-5-15-12(7-10)13(8-19-15)16(20)11-4-2-9(17)6-14(11)18/h2-8,19H,18H2,1H3. The van der Waals surface area contributed by atoms with Gasteiger partial charge in [-0.25, -0.2) is 0 Å². The van der Waals surface area contributed by atoms with Crippen molar-refractivity contribution < 1.29 is 9.53 Å². The Morgan fingerprint density at radius 2 is 2.00 bits per heavy atom. The van der Waals surface area contributed by atoms with Crippen molar-refractivity contribution in [3.63, 3.8) is 0 Å². The van der Waals surface area contributed by atoms with E-state index < -0.39 is 0 Å². The number of aromatic nitrogens is 1. The van der Waals surface area contributed by atoms with Crippen molar-refractivity contribution in [1.82, 2.24) is 4.98 Å². The summed E-state index contributed by atoms with van der Waals surface area (Å²) in [4.78, 5) is 15.7. The molecule has 0 saturated carbocycles. The number of ether oxygens (including phenoxy) is 1. The van der Waals surface area contributed by atoms with Gasteiger partial charge in [0.15, 0.2) is 5.78 Å². The molecule has 0 spiro atoms. The summed E-state index contributed by atoms with van der Waals surface area (Å²) in [6.45, 7) is 0. The van der Waals surface area contributed by atoms with Gasteiger partial charge in [-0.15, -0.1) is 0 Å². The van der Waals surface area contributed by atoms with Gasteiger partial charge < -0.3 is 15.5 Å². The Labute approximate surface area is 126 Å². The number of hydrogen-bond acceptors (Lipinski definition) is 3. The zero-order valence-electron chi connectivity index (χ0n) is 11.3. The average molecular weight is 301 g/mol. The van der Waals surface area contributed by atoms with E-state index >= 15 is 0 Å². The SMILES string of the molecule is COc1ccc2[nH]cc(C(=O)c3ccc(Cl)cc3N)c2c1. The van der Waals surface area contributed by atoms with Crippen molar-refractivity contribution in [2.24, 2.45) is 0 Å². The number of halogens is 1. The zero-order valence-corrected chi connectivity index (χ0v) is 12.1. The highest BCUT2D eigenvalue weighted by molar-refractivity contribution is 6.31. The Balaban J connectivity index is 2.13. The Hall–Kier alpha value is -2.46. The minimum absolute atomic E-state index is 0.149. The molecule has 1 heterocycles. The van der Waals surface area contributed by atoms with Crippen molar-refractivity contribution in [2.75, 3.05) is 12.8 Å². The fraction of sp³-hybridized carbons (Fsp3) is 0.0625. The Kier molecular flexibility index (Phi) is 3.31. The summed E-state index contributed by atoms with van der Waals surface area (Å²) >= 11 is 5.87. The second-order valence-electron chi connectivity index (χ2n) is 4.67. The van der Waals surface area contributed by atoms with Crippen molar-refractivity contribution in [1.29, 1.82) is 0 Å². The number of nitrogen functional groups attached to an aromatic ring is 1. The maximum atomic E-state index is 12.7. The number of aromatic amines is 1. The molecule has 0 unspecified atom stereocenters. The summed E-state index contributed by atoms with van der Waals surface area (Å²) < 4.78 is 5.20. The molecule has 1 aromatic heterocycles. The number of carbonyl (C=O) groups is 1.